The number of halogens is 1. The highest BCUT2D eigenvalue weighted by atomic mass is 19.1. The number of nitrogens with one attached hydrogen (secondary N) is 1. The van der Waals surface area contributed by atoms with Gasteiger partial charge in [0.25, 0.3) is 0 Å². The molecule has 0 aliphatic carbocycles. The Morgan fingerprint density at radius 3 is 2.93 bits per heavy atom. The molecule has 0 atom stereocenters. The Bertz CT molecular complexity index is 344. The van der Waals surface area contributed by atoms with Crippen molar-refractivity contribution in [3.63, 3.8) is 0 Å². The summed E-state index contributed by atoms with van der Waals surface area (Å²) in [5.41, 5.74) is 1.89. The lowest BCUT2D eigenvalue weighted by molar-refractivity contribution is 0.506. The third kappa shape index (κ3) is 1.74. The summed E-state index contributed by atoms with van der Waals surface area (Å²) < 4.78 is 13.5. The summed E-state index contributed by atoms with van der Waals surface area (Å²) in [4.78, 5) is 0. The maximum atomic E-state index is 13.5. The van der Waals surface area contributed by atoms with Crippen LogP contribution in [0.3, 0.4) is 0 Å². The van der Waals surface area contributed by atoms with E-state index in [1.54, 1.807) is 12.1 Å². The molecule has 0 saturated carbocycles. The average Bonchev–Trinajstić information content (AvgIpc) is 2.23. The van der Waals surface area contributed by atoms with Gasteiger partial charge in [0.15, 0.2) is 0 Å². The second kappa shape index (κ2) is 3.26. The molecule has 0 unspecified atom stereocenters. The van der Waals surface area contributed by atoms with E-state index in [1.807, 2.05) is 6.07 Å². The topological polar surface area (TPSA) is 12.0 Å². The first-order chi connectivity index (χ1) is 6.58. The quantitative estimate of drug-likeness (QED) is 0.666. The maximum Gasteiger partial charge on any atom is 0.128 e. The minimum absolute atomic E-state index is 0.0762. The number of anilines is 1. The first-order valence-electron chi connectivity index (χ1n) is 5.14. The fraction of sp³-hybridized carbons (Fsp3) is 0.500. The molecule has 1 heterocycles. The van der Waals surface area contributed by atoms with Crippen LogP contribution in [0.25, 0.3) is 0 Å². The lowest BCUT2D eigenvalue weighted by Crippen LogP contribution is -2.29. The molecule has 0 amide bonds. The molecule has 1 aromatic rings. The molecule has 1 nitrogen and oxygen atoms in total. The third-order valence-electron chi connectivity index (χ3n) is 2.82. The Labute approximate surface area is 84.3 Å². The highest BCUT2D eigenvalue weighted by molar-refractivity contribution is 5.54. The number of hydrogen-bond acceptors (Lipinski definition) is 1. The minimum atomic E-state index is -0.0762. The zero-order valence-corrected chi connectivity index (χ0v) is 8.73. The molecule has 0 radical (unpaired) electrons. The molecule has 76 valence electrons. The summed E-state index contributed by atoms with van der Waals surface area (Å²) in [6.45, 7) is 4.32. The SMILES string of the molecule is CC1(C)CCCc2c(F)cccc2N1. The second-order valence-electron chi connectivity index (χ2n) is 4.63. The van der Waals surface area contributed by atoms with Gasteiger partial charge in [-0.2, -0.15) is 0 Å². The Hall–Kier alpha value is -1.05. The fourth-order valence-electron chi connectivity index (χ4n) is 2.06. The highest BCUT2D eigenvalue weighted by Crippen LogP contribution is 2.30. The third-order valence-corrected chi connectivity index (χ3v) is 2.82. The standard InChI is InChI=1S/C12H16FN/c1-12(2)8-4-5-9-10(13)6-3-7-11(9)14-12/h3,6-7,14H,4-5,8H2,1-2H3. The lowest BCUT2D eigenvalue weighted by atomic mass is 9.99. The Kier molecular flexibility index (Phi) is 2.22. The summed E-state index contributed by atoms with van der Waals surface area (Å²) in [6, 6.07) is 5.27. The van der Waals surface area contributed by atoms with Gasteiger partial charge in [-0.05, 0) is 45.2 Å². The first-order valence-corrected chi connectivity index (χ1v) is 5.14. The van der Waals surface area contributed by atoms with E-state index in [4.69, 9.17) is 0 Å². The smallest absolute Gasteiger partial charge is 0.128 e. The molecule has 0 spiro atoms. The number of benzene rings is 1. The van der Waals surface area contributed by atoms with Crippen LogP contribution in [0.1, 0.15) is 32.3 Å². The Morgan fingerprint density at radius 1 is 1.36 bits per heavy atom. The van der Waals surface area contributed by atoms with Crippen molar-refractivity contribution in [1.29, 1.82) is 0 Å². The van der Waals surface area contributed by atoms with Gasteiger partial charge in [-0.3, -0.25) is 0 Å². The van der Waals surface area contributed by atoms with Crippen LogP contribution >= 0.6 is 0 Å². The average molecular weight is 193 g/mol. The van der Waals surface area contributed by atoms with E-state index in [2.05, 4.69) is 19.2 Å². The summed E-state index contributed by atoms with van der Waals surface area (Å²) in [7, 11) is 0. The van der Waals surface area contributed by atoms with Gasteiger partial charge in [0.2, 0.25) is 0 Å². The molecule has 1 aromatic carbocycles. The summed E-state index contributed by atoms with van der Waals surface area (Å²) >= 11 is 0. The molecule has 1 N–H and O–H groups in total. The van der Waals surface area contributed by atoms with Crippen molar-refractivity contribution in [3.05, 3.63) is 29.6 Å². The highest BCUT2D eigenvalue weighted by Gasteiger charge is 2.23. The van der Waals surface area contributed by atoms with Gasteiger partial charge in [0.05, 0.1) is 0 Å². The van der Waals surface area contributed by atoms with Crippen LogP contribution in [0.5, 0.6) is 0 Å². The molecule has 0 saturated heterocycles. The lowest BCUT2D eigenvalue weighted by Gasteiger charge is -2.25. The van der Waals surface area contributed by atoms with Crippen LogP contribution < -0.4 is 5.32 Å². The molecule has 2 rings (SSSR count). The van der Waals surface area contributed by atoms with Gasteiger partial charge in [-0.1, -0.05) is 6.07 Å². The van der Waals surface area contributed by atoms with Gasteiger partial charge < -0.3 is 5.32 Å². The van der Waals surface area contributed by atoms with Gasteiger partial charge in [-0.15, -0.1) is 0 Å². The van der Waals surface area contributed by atoms with Crippen LogP contribution in [-0.2, 0) is 6.42 Å². The summed E-state index contributed by atoms with van der Waals surface area (Å²) in [5, 5.41) is 3.40. The molecule has 1 aliphatic rings. The molecule has 2 heteroatoms. The normalized spacial score (nSPS) is 19.4. The van der Waals surface area contributed by atoms with E-state index in [1.165, 1.54) is 0 Å². The van der Waals surface area contributed by atoms with Crippen molar-refractivity contribution in [1.82, 2.24) is 0 Å². The monoisotopic (exact) mass is 193 g/mol. The Morgan fingerprint density at radius 2 is 2.14 bits per heavy atom. The maximum absolute atomic E-state index is 13.5. The summed E-state index contributed by atoms with van der Waals surface area (Å²) in [5.74, 6) is -0.0762. The van der Waals surface area contributed by atoms with Crippen molar-refractivity contribution in [2.24, 2.45) is 0 Å². The van der Waals surface area contributed by atoms with Crippen LogP contribution in [0.2, 0.25) is 0 Å². The van der Waals surface area contributed by atoms with Crippen molar-refractivity contribution in [3.8, 4) is 0 Å². The molecular formula is C12H16FN. The zero-order chi connectivity index (χ0) is 10.2. The number of rotatable bonds is 0. The van der Waals surface area contributed by atoms with Gasteiger partial charge >= 0.3 is 0 Å². The second-order valence-corrected chi connectivity index (χ2v) is 4.63. The fourth-order valence-corrected chi connectivity index (χ4v) is 2.06. The van der Waals surface area contributed by atoms with Crippen molar-refractivity contribution >= 4 is 5.69 Å². The molecule has 1 aliphatic heterocycles. The van der Waals surface area contributed by atoms with Crippen LogP contribution in [0.4, 0.5) is 10.1 Å². The molecular weight excluding hydrogens is 177 g/mol. The van der Waals surface area contributed by atoms with E-state index in [0.717, 1.165) is 30.5 Å². The van der Waals surface area contributed by atoms with Crippen molar-refractivity contribution in [2.45, 2.75) is 38.6 Å². The van der Waals surface area contributed by atoms with E-state index in [9.17, 15) is 4.39 Å². The van der Waals surface area contributed by atoms with E-state index < -0.39 is 0 Å². The van der Waals surface area contributed by atoms with Crippen LogP contribution in [0, 0.1) is 5.82 Å². The van der Waals surface area contributed by atoms with Crippen LogP contribution in [0.15, 0.2) is 18.2 Å². The predicted molar refractivity (Wildman–Crippen MR) is 57.0 cm³/mol. The van der Waals surface area contributed by atoms with Gasteiger partial charge in [0, 0.05) is 16.8 Å². The van der Waals surface area contributed by atoms with Gasteiger partial charge in [0.1, 0.15) is 5.82 Å². The van der Waals surface area contributed by atoms with E-state index >= 15 is 0 Å². The molecule has 0 bridgehead atoms. The zero-order valence-electron chi connectivity index (χ0n) is 8.73. The van der Waals surface area contributed by atoms with Crippen molar-refractivity contribution in [2.75, 3.05) is 5.32 Å². The first kappa shape index (κ1) is 9.50. The van der Waals surface area contributed by atoms with Gasteiger partial charge in [-0.25, -0.2) is 4.39 Å². The number of fused-ring (bicyclic) bond motifs is 1. The molecule has 0 fully saturated rings. The Balaban J connectivity index is 2.42. The van der Waals surface area contributed by atoms with Crippen molar-refractivity contribution < 1.29 is 4.39 Å². The van der Waals surface area contributed by atoms with E-state index in [0.29, 0.717) is 0 Å². The summed E-state index contributed by atoms with van der Waals surface area (Å²) in [6.07, 6.45) is 2.98. The molecule has 14 heavy (non-hydrogen) atoms. The largest absolute Gasteiger partial charge is 0.380 e. The van der Waals surface area contributed by atoms with Crippen LogP contribution in [-0.4, -0.2) is 5.54 Å². The predicted octanol–water partition coefficient (Wildman–Crippen LogP) is 3.35. The van der Waals surface area contributed by atoms with E-state index in [-0.39, 0.29) is 11.4 Å². The number of hydrogen-bond donors (Lipinski definition) is 1. The molecule has 0 aromatic heterocycles. The minimum Gasteiger partial charge on any atom is -0.380 e.